The maximum absolute atomic E-state index is 13.7. The number of hydroxylamine groups is 1. The summed E-state index contributed by atoms with van der Waals surface area (Å²) in [5, 5.41) is 10.1. The molecule has 0 aliphatic rings. The number of methoxy groups -OCH3 is 1. The molecule has 0 saturated heterocycles. The molecule has 0 bridgehead atoms. The molecular weight excluding hydrogens is 473 g/mol. The summed E-state index contributed by atoms with van der Waals surface area (Å²) in [6.45, 7) is 2.29. The van der Waals surface area contributed by atoms with Gasteiger partial charge in [-0.15, -0.1) is 0 Å². The van der Waals surface area contributed by atoms with E-state index >= 15 is 0 Å². The third kappa shape index (κ3) is 3.91. The second-order valence-electron chi connectivity index (χ2n) is 6.72. The van der Waals surface area contributed by atoms with Gasteiger partial charge in [0.05, 0.1) is 35.0 Å². The summed E-state index contributed by atoms with van der Waals surface area (Å²) in [7, 11) is 1.47. The van der Waals surface area contributed by atoms with Crippen LogP contribution in [0.15, 0.2) is 47.1 Å². The zero-order valence-electron chi connectivity index (χ0n) is 17.4. The van der Waals surface area contributed by atoms with E-state index in [1.807, 2.05) is 6.92 Å². The molecular formula is C22H17Cl2N3O6. The molecule has 0 radical (unpaired) electrons. The first-order chi connectivity index (χ1) is 15.9. The molecule has 170 valence electrons. The minimum absolute atomic E-state index is 0.0695. The van der Waals surface area contributed by atoms with Crippen LogP contribution >= 0.6 is 23.2 Å². The zero-order valence-corrected chi connectivity index (χ0v) is 18.9. The van der Waals surface area contributed by atoms with E-state index in [1.165, 1.54) is 37.1 Å². The molecule has 2 N–H and O–H groups in total. The number of carbonyl (C=O) groups excluding carboxylic acids is 2. The largest absolute Gasteiger partial charge is 0.494 e. The Morgan fingerprint density at radius 2 is 1.91 bits per heavy atom. The Hall–Kier alpha value is -3.53. The highest BCUT2D eigenvalue weighted by Crippen LogP contribution is 2.40. The summed E-state index contributed by atoms with van der Waals surface area (Å²) >= 11 is 12.4. The standard InChI is InChI=1S/C22H17Cl2N3O6/c1-3-32-11-4-6-16-13(8-11)18-12(5-7-17(31-2)20(18)33-16)21(28)27(22(29)26-30)19-14(23)9-25-10-15(19)24/h4-10,30H,3H2,1-2H3,(H,26,29). The van der Waals surface area contributed by atoms with Crippen molar-refractivity contribution in [2.24, 2.45) is 0 Å². The van der Waals surface area contributed by atoms with Crippen molar-refractivity contribution in [1.82, 2.24) is 10.5 Å². The van der Waals surface area contributed by atoms with E-state index in [2.05, 4.69) is 4.98 Å². The summed E-state index contributed by atoms with van der Waals surface area (Å²) in [4.78, 5) is 30.7. The highest BCUT2D eigenvalue weighted by atomic mass is 35.5. The van der Waals surface area contributed by atoms with E-state index in [4.69, 9.17) is 37.1 Å². The van der Waals surface area contributed by atoms with E-state index in [0.29, 0.717) is 44.9 Å². The average molecular weight is 490 g/mol. The monoisotopic (exact) mass is 489 g/mol. The Morgan fingerprint density at radius 3 is 2.55 bits per heavy atom. The lowest BCUT2D eigenvalue weighted by Crippen LogP contribution is -2.43. The number of rotatable bonds is 5. The summed E-state index contributed by atoms with van der Waals surface area (Å²) in [6, 6.07) is 7.02. The highest BCUT2D eigenvalue weighted by Gasteiger charge is 2.31. The molecule has 33 heavy (non-hydrogen) atoms. The van der Waals surface area contributed by atoms with Crippen LogP contribution in [0.3, 0.4) is 0 Å². The van der Waals surface area contributed by atoms with Crippen molar-refractivity contribution in [2.75, 3.05) is 18.6 Å². The van der Waals surface area contributed by atoms with Gasteiger partial charge in [0.1, 0.15) is 11.3 Å². The highest BCUT2D eigenvalue weighted by molar-refractivity contribution is 6.42. The fourth-order valence-electron chi connectivity index (χ4n) is 3.52. The van der Waals surface area contributed by atoms with Crippen LogP contribution in [0.25, 0.3) is 21.9 Å². The number of hydrogen-bond donors (Lipinski definition) is 2. The first-order valence-corrected chi connectivity index (χ1v) is 10.4. The van der Waals surface area contributed by atoms with E-state index in [0.717, 1.165) is 0 Å². The number of aromatic nitrogens is 1. The molecule has 0 aliphatic heterocycles. The molecule has 0 aliphatic carbocycles. The van der Waals surface area contributed by atoms with Crippen molar-refractivity contribution in [3.05, 3.63) is 58.3 Å². The van der Waals surface area contributed by atoms with Crippen molar-refractivity contribution < 1.29 is 28.7 Å². The van der Waals surface area contributed by atoms with Crippen LogP contribution in [-0.4, -0.2) is 35.8 Å². The number of benzene rings is 2. The van der Waals surface area contributed by atoms with Crippen molar-refractivity contribution >= 4 is 62.8 Å². The number of nitrogens with zero attached hydrogens (tertiary/aromatic N) is 2. The molecule has 3 amide bonds. The van der Waals surface area contributed by atoms with Crippen molar-refractivity contribution in [3.8, 4) is 11.5 Å². The summed E-state index contributed by atoms with van der Waals surface area (Å²) in [6.07, 6.45) is 2.44. The predicted molar refractivity (Wildman–Crippen MR) is 123 cm³/mol. The Morgan fingerprint density at radius 1 is 1.18 bits per heavy atom. The lowest BCUT2D eigenvalue weighted by Gasteiger charge is -2.22. The number of halogens is 2. The number of fused-ring (bicyclic) bond motifs is 3. The molecule has 4 rings (SSSR count). The van der Waals surface area contributed by atoms with Crippen molar-refractivity contribution in [2.45, 2.75) is 6.92 Å². The van der Waals surface area contributed by atoms with Gasteiger partial charge in [-0.2, -0.15) is 0 Å². The van der Waals surface area contributed by atoms with Gasteiger partial charge in [-0.3, -0.25) is 15.0 Å². The van der Waals surface area contributed by atoms with E-state index in [-0.39, 0.29) is 21.3 Å². The third-order valence-corrected chi connectivity index (χ3v) is 5.42. The van der Waals surface area contributed by atoms with Gasteiger partial charge in [-0.25, -0.2) is 15.2 Å². The van der Waals surface area contributed by atoms with Gasteiger partial charge < -0.3 is 13.9 Å². The number of nitrogens with one attached hydrogen (secondary N) is 1. The fourth-order valence-corrected chi connectivity index (χ4v) is 4.05. The van der Waals surface area contributed by atoms with Crippen LogP contribution in [-0.2, 0) is 0 Å². The smallest absolute Gasteiger partial charge is 0.352 e. The number of amides is 3. The summed E-state index contributed by atoms with van der Waals surface area (Å²) in [5.41, 5.74) is 2.16. The Kier molecular flexibility index (Phi) is 6.28. The number of carbonyl (C=O) groups is 2. The van der Waals surface area contributed by atoms with Gasteiger partial charge in [0, 0.05) is 23.2 Å². The lowest BCUT2D eigenvalue weighted by atomic mass is 10.0. The number of ether oxygens (including phenoxy) is 2. The van der Waals surface area contributed by atoms with E-state index < -0.39 is 11.9 Å². The van der Waals surface area contributed by atoms with E-state index in [9.17, 15) is 14.8 Å². The van der Waals surface area contributed by atoms with Crippen LogP contribution in [0.4, 0.5) is 10.5 Å². The molecule has 0 saturated carbocycles. The second kappa shape index (κ2) is 9.14. The molecule has 2 aromatic carbocycles. The maximum Gasteiger partial charge on any atom is 0.352 e. The minimum Gasteiger partial charge on any atom is -0.494 e. The SMILES string of the molecule is CCOc1ccc2oc3c(OC)ccc(C(=O)N(C(=O)NO)c4c(Cl)cncc4Cl)c3c2c1. The van der Waals surface area contributed by atoms with Crippen molar-refractivity contribution in [1.29, 1.82) is 0 Å². The van der Waals surface area contributed by atoms with Gasteiger partial charge >= 0.3 is 6.03 Å². The molecule has 2 aromatic heterocycles. The Labute approximate surface area is 197 Å². The van der Waals surface area contributed by atoms with Crippen LogP contribution in [0.5, 0.6) is 11.5 Å². The normalized spacial score (nSPS) is 10.9. The van der Waals surface area contributed by atoms with Gasteiger partial charge in [-0.05, 0) is 37.3 Å². The minimum atomic E-state index is -1.17. The molecule has 0 atom stereocenters. The molecule has 4 aromatic rings. The molecule has 0 unspecified atom stereocenters. The number of urea groups is 1. The van der Waals surface area contributed by atoms with Crippen LogP contribution in [0.1, 0.15) is 17.3 Å². The quantitative estimate of drug-likeness (QED) is 0.283. The van der Waals surface area contributed by atoms with E-state index in [1.54, 1.807) is 18.2 Å². The number of anilines is 1. The lowest BCUT2D eigenvalue weighted by molar-refractivity contribution is 0.0981. The predicted octanol–water partition coefficient (Wildman–Crippen LogP) is 5.44. The summed E-state index contributed by atoms with van der Waals surface area (Å²) in [5.74, 6) is 0.127. The maximum atomic E-state index is 13.7. The van der Waals surface area contributed by atoms with Crippen LogP contribution < -0.4 is 19.9 Å². The van der Waals surface area contributed by atoms with Gasteiger partial charge in [0.25, 0.3) is 5.91 Å². The first kappa shape index (κ1) is 22.7. The van der Waals surface area contributed by atoms with Gasteiger partial charge in [-0.1, -0.05) is 23.2 Å². The fraction of sp³-hybridized carbons (Fsp3) is 0.136. The average Bonchev–Trinajstić information content (AvgIpc) is 3.19. The third-order valence-electron chi connectivity index (χ3n) is 4.87. The molecule has 9 nitrogen and oxygen atoms in total. The summed E-state index contributed by atoms with van der Waals surface area (Å²) < 4.78 is 16.9. The number of furan rings is 1. The molecule has 11 heteroatoms. The van der Waals surface area contributed by atoms with Crippen molar-refractivity contribution in [3.63, 3.8) is 0 Å². The number of pyridine rings is 1. The van der Waals surface area contributed by atoms with Gasteiger partial charge in [0.2, 0.25) is 0 Å². The zero-order chi connectivity index (χ0) is 23.7. The first-order valence-electron chi connectivity index (χ1n) is 9.64. The number of imide groups is 1. The second-order valence-corrected chi connectivity index (χ2v) is 7.54. The number of hydrogen-bond acceptors (Lipinski definition) is 7. The molecule has 0 spiro atoms. The Bertz CT molecular complexity index is 1370. The van der Waals surface area contributed by atoms with Crippen LogP contribution in [0.2, 0.25) is 10.0 Å². The Balaban J connectivity index is 2.01. The molecule has 2 heterocycles. The van der Waals surface area contributed by atoms with Crippen LogP contribution in [0, 0.1) is 0 Å². The molecule has 0 fully saturated rings. The topological polar surface area (TPSA) is 114 Å². The van der Waals surface area contributed by atoms with Gasteiger partial charge in [0.15, 0.2) is 11.3 Å².